The van der Waals surface area contributed by atoms with Crippen molar-refractivity contribution in [3.05, 3.63) is 56.5 Å². The van der Waals surface area contributed by atoms with Crippen molar-refractivity contribution < 1.29 is 19.7 Å². The molecule has 0 unspecified atom stereocenters. The number of ether oxygens (including phenoxy) is 2. The number of halogens is 2. The summed E-state index contributed by atoms with van der Waals surface area (Å²) in [5.41, 5.74) is 4.03. The van der Waals surface area contributed by atoms with Crippen molar-refractivity contribution in [1.82, 2.24) is 0 Å². The number of fused-ring (bicyclic) bond motifs is 3. The minimum Gasteiger partial charge on any atom is -0.393 e. The number of benzene rings is 2. The summed E-state index contributed by atoms with van der Waals surface area (Å²) in [7, 11) is 0. The Bertz CT molecular complexity index is 878. The second-order valence-corrected chi connectivity index (χ2v) is 12.0. The van der Waals surface area contributed by atoms with Gasteiger partial charge in [-0.15, -0.1) is 0 Å². The summed E-state index contributed by atoms with van der Waals surface area (Å²) in [4.78, 5) is 0. The average Bonchev–Trinajstić information content (AvgIpc) is 3.03. The van der Waals surface area contributed by atoms with E-state index in [-0.39, 0.29) is 18.6 Å². The molecule has 0 bridgehead atoms. The first kappa shape index (κ1) is 26.8. The average molecular weight is 584 g/mol. The molecule has 2 aromatic carbocycles. The standard InChI is InChI=1S/C27H36Br2O4/c1-25(2,17-30)32-13-5-11-27(12-6-14-33-26(3,4)18-31)23-15-19(28)7-9-21(23)22-10-8-20(29)16-24(22)27/h7-10,15-16,30-31H,5-6,11-14,17-18H2,1-4H3. The zero-order chi connectivity index (χ0) is 24.3. The fourth-order valence-corrected chi connectivity index (χ4v) is 5.36. The van der Waals surface area contributed by atoms with E-state index in [1.165, 1.54) is 22.3 Å². The monoisotopic (exact) mass is 582 g/mol. The van der Waals surface area contributed by atoms with Crippen LogP contribution in [0.5, 0.6) is 0 Å². The number of aliphatic hydroxyl groups is 2. The Morgan fingerprint density at radius 2 is 1.12 bits per heavy atom. The third kappa shape index (κ3) is 6.28. The van der Waals surface area contributed by atoms with Crippen LogP contribution < -0.4 is 0 Å². The molecule has 0 spiro atoms. The molecule has 33 heavy (non-hydrogen) atoms. The van der Waals surface area contributed by atoms with Gasteiger partial charge in [-0.05, 0) is 99.9 Å². The van der Waals surface area contributed by atoms with Crippen LogP contribution in [0.25, 0.3) is 11.1 Å². The van der Waals surface area contributed by atoms with Gasteiger partial charge in [-0.25, -0.2) is 0 Å². The maximum atomic E-state index is 9.54. The van der Waals surface area contributed by atoms with Gasteiger partial charge < -0.3 is 19.7 Å². The Hall–Kier alpha value is -0.760. The van der Waals surface area contributed by atoms with Gasteiger partial charge >= 0.3 is 0 Å². The lowest BCUT2D eigenvalue weighted by molar-refractivity contribution is -0.0577. The Labute approximate surface area is 215 Å². The molecule has 0 amide bonds. The zero-order valence-corrected chi connectivity index (χ0v) is 23.3. The Balaban J connectivity index is 1.92. The van der Waals surface area contributed by atoms with Gasteiger partial charge in [-0.3, -0.25) is 0 Å². The third-order valence-corrected chi connectivity index (χ3v) is 7.51. The van der Waals surface area contributed by atoms with E-state index >= 15 is 0 Å². The van der Waals surface area contributed by atoms with Gasteiger partial charge in [0.2, 0.25) is 0 Å². The van der Waals surface area contributed by atoms with Crippen molar-refractivity contribution in [1.29, 1.82) is 0 Å². The first-order chi connectivity index (χ1) is 15.5. The van der Waals surface area contributed by atoms with Crippen LogP contribution in [-0.2, 0) is 14.9 Å². The minimum atomic E-state index is -0.533. The van der Waals surface area contributed by atoms with Crippen LogP contribution in [-0.4, -0.2) is 47.8 Å². The van der Waals surface area contributed by atoms with Crippen LogP contribution in [0.2, 0.25) is 0 Å². The normalized spacial score (nSPS) is 14.9. The lowest BCUT2D eigenvalue weighted by Gasteiger charge is -2.34. The molecular formula is C27H36Br2O4. The van der Waals surface area contributed by atoms with Gasteiger partial charge in [-0.2, -0.15) is 0 Å². The molecule has 0 fully saturated rings. The van der Waals surface area contributed by atoms with E-state index in [0.29, 0.717) is 13.2 Å². The molecule has 0 aliphatic heterocycles. The molecule has 182 valence electrons. The lowest BCUT2D eigenvalue weighted by Crippen LogP contribution is -2.32. The molecule has 0 heterocycles. The molecule has 0 saturated carbocycles. The molecule has 0 atom stereocenters. The Kier molecular flexibility index (Phi) is 8.85. The lowest BCUT2D eigenvalue weighted by atomic mass is 9.71. The van der Waals surface area contributed by atoms with E-state index in [0.717, 1.165) is 34.6 Å². The summed E-state index contributed by atoms with van der Waals surface area (Å²) >= 11 is 7.39. The minimum absolute atomic E-state index is 0.00167. The number of rotatable bonds is 12. The predicted molar refractivity (Wildman–Crippen MR) is 141 cm³/mol. The highest BCUT2D eigenvalue weighted by molar-refractivity contribution is 9.10. The topological polar surface area (TPSA) is 58.9 Å². The molecule has 4 nitrogen and oxygen atoms in total. The van der Waals surface area contributed by atoms with E-state index in [9.17, 15) is 10.2 Å². The maximum absolute atomic E-state index is 9.54. The fourth-order valence-electron chi connectivity index (χ4n) is 4.64. The van der Waals surface area contributed by atoms with Gasteiger partial charge in [0.1, 0.15) is 0 Å². The van der Waals surface area contributed by atoms with Gasteiger partial charge in [0, 0.05) is 27.6 Å². The first-order valence-electron chi connectivity index (χ1n) is 11.6. The molecule has 3 rings (SSSR count). The van der Waals surface area contributed by atoms with Crippen LogP contribution in [0.15, 0.2) is 45.3 Å². The van der Waals surface area contributed by atoms with E-state index in [2.05, 4.69) is 68.3 Å². The summed E-state index contributed by atoms with van der Waals surface area (Å²) in [5.74, 6) is 0. The summed E-state index contributed by atoms with van der Waals surface area (Å²) in [6.45, 7) is 8.85. The number of hydrogen-bond acceptors (Lipinski definition) is 4. The smallest absolute Gasteiger partial charge is 0.0856 e. The molecule has 2 N–H and O–H groups in total. The van der Waals surface area contributed by atoms with Crippen molar-refractivity contribution in [3.8, 4) is 11.1 Å². The Morgan fingerprint density at radius 1 is 0.727 bits per heavy atom. The zero-order valence-electron chi connectivity index (χ0n) is 20.1. The van der Waals surface area contributed by atoms with Crippen LogP contribution in [0.3, 0.4) is 0 Å². The first-order valence-corrected chi connectivity index (χ1v) is 13.2. The second kappa shape index (κ2) is 10.9. The molecular weight excluding hydrogens is 548 g/mol. The molecule has 0 aromatic heterocycles. The van der Waals surface area contributed by atoms with Gasteiger partial charge in [-0.1, -0.05) is 44.0 Å². The fraction of sp³-hybridized carbons (Fsp3) is 0.556. The summed E-state index contributed by atoms with van der Waals surface area (Å²) in [6, 6.07) is 13.2. The van der Waals surface area contributed by atoms with Crippen molar-refractivity contribution in [3.63, 3.8) is 0 Å². The van der Waals surface area contributed by atoms with Gasteiger partial charge in [0.15, 0.2) is 0 Å². The summed E-state index contributed by atoms with van der Waals surface area (Å²) < 4.78 is 14.1. The van der Waals surface area contributed by atoms with Crippen molar-refractivity contribution in [2.75, 3.05) is 26.4 Å². The predicted octanol–water partition coefficient (Wildman–Crippen LogP) is 6.61. The van der Waals surface area contributed by atoms with Crippen molar-refractivity contribution >= 4 is 31.9 Å². The maximum Gasteiger partial charge on any atom is 0.0856 e. The van der Waals surface area contributed by atoms with Crippen molar-refractivity contribution in [2.24, 2.45) is 0 Å². The van der Waals surface area contributed by atoms with Crippen LogP contribution in [0.1, 0.15) is 64.5 Å². The van der Waals surface area contributed by atoms with Gasteiger partial charge in [0.25, 0.3) is 0 Å². The third-order valence-electron chi connectivity index (χ3n) is 6.53. The molecule has 0 radical (unpaired) electrons. The van der Waals surface area contributed by atoms with E-state index in [4.69, 9.17) is 9.47 Å². The van der Waals surface area contributed by atoms with Crippen LogP contribution in [0.4, 0.5) is 0 Å². The van der Waals surface area contributed by atoms with Crippen LogP contribution in [0, 0.1) is 0 Å². The Morgan fingerprint density at radius 3 is 1.48 bits per heavy atom. The highest BCUT2D eigenvalue weighted by Crippen LogP contribution is 2.54. The number of hydrogen-bond donors (Lipinski definition) is 2. The van der Waals surface area contributed by atoms with Crippen molar-refractivity contribution in [2.45, 2.75) is 70.0 Å². The highest BCUT2D eigenvalue weighted by atomic mass is 79.9. The quantitative estimate of drug-likeness (QED) is 0.276. The molecule has 1 aliphatic carbocycles. The van der Waals surface area contributed by atoms with E-state index in [1.54, 1.807) is 0 Å². The summed E-state index contributed by atoms with van der Waals surface area (Å²) in [6.07, 6.45) is 3.63. The second-order valence-electron chi connectivity index (χ2n) is 10.2. The van der Waals surface area contributed by atoms with E-state index in [1.807, 2.05) is 27.7 Å². The number of aliphatic hydroxyl groups excluding tert-OH is 2. The van der Waals surface area contributed by atoms with Crippen LogP contribution >= 0.6 is 31.9 Å². The largest absolute Gasteiger partial charge is 0.393 e. The molecule has 2 aromatic rings. The molecule has 6 heteroatoms. The summed E-state index contributed by atoms with van der Waals surface area (Å²) in [5, 5.41) is 19.1. The molecule has 1 aliphatic rings. The highest BCUT2D eigenvalue weighted by Gasteiger charge is 2.42. The van der Waals surface area contributed by atoms with Gasteiger partial charge in [0.05, 0.1) is 24.4 Å². The van der Waals surface area contributed by atoms with E-state index < -0.39 is 11.2 Å². The molecule has 0 saturated heterocycles. The SMILES string of the molecule is CC(C)(CO)OCCCC1(CCCOC(C)(C)CO)c2cc(Br)ccc2-c2ccc(Br)cc21.